The highest BCUT2D eigenvalue weighted by atomic mass is 32.2. The number of fused-ring (bicyclic) bond motifs is 2. The maximum Gasteiger partial charge on any atom is 0.259 e. The lowest BCUT2D eigenvalue weighted by Gasteiger charge is -2.30. The van der Waals surface area contributed by atoms with Gasteiger partial charge in [0.05, 0.1) is 18.8 Å². The molecule has 0 spiro atoms. The zero-order chi connectivity index (χ0) is 29.9. The molecule has 4 unspecified atom stereocenters. The topological polar surface area (TPSA) is 151 Å². The number of ether oxygens (including phenoxy) is 1. The van der Waals surface area contributed by atoms with Gasteiger partial charge in [-0.1, -0.05) is 37.1 Å². The molecule has 4 aliphatic rings. The van der Waals surface area contributed by atoms with Crippen molar-refractivity contribution in [2.24, 2.45) is 5.92 Å². The van der Waals surface area contributed by atoms with Crippen LogP contribution < -0.4 is 20.1 Å². The number of carbonyl (C=O) groups is 4. The summed E-state index contributed by atoms with van der Waals surface area (Å²) >= 11 is 0. The predicted octanol–water partition coefficient (Wildman–Crippen LogP) is 1.72. The minimum absolute atomic E-state index is 0.102. The average molecular weight is 601 g/mol. The summed E-state index contributed by atoms with van der Waals surface area (Å²) in [7, 11) is -2.22. The van der Waals surface area contributed by atoms with Crippen LogP contribution in [0.2, 0.25) is 0 Å². The minimum atomic E-state index is -3.79. The van der Waals surface area contributed by atoms with E-state index in [2.05, 4.69) is 15.4 Å². The van der Waals surface area contributed by atoms with Gasteiger partial charge in [0.15, 0.2) is 0 Å². The molecule has 12 heteroatoms. The number of allylic oxidation sites excluding steroid dienone is 1. The van der Waals surface area contributed by atoms with E-state index >= 15 is 0 Å². The summed E-state index contributed by atoms with van der Waals surface area (Å²) in [6, 6.07) is 5.57. The SMILES string of the molecule is COc1ccc(CC(=O)NC2CCCCC/C=C\C3CC3(C(=O)NS(=O)(=O)C3CC3)NC(=O)C3CCCN3C2=O)cc1. The second-order valence-electron chi connectivity index (χ2n) is 11.8. The van der Waals surface area contributed by atoms with Gasteiger partial charge in [0.2, 0.25) is 27.7 Å². The molecule has 228 valence electrons. The van der Waals surface area contributed by atoms with Gasteiger partial charge in [0.1, 0.15) is 23.4 Å². The third-order valence-electron chi connectivity index (χ3n) is 8.69. The third-order valence-corrected chi connectivity index (χ3v) is 10.5. The molecule has 0 bridgehead atoms. The molecule has 4 amide bonds. The standard InChI is InChI=1S/C30H40N4O7S/c1-41-22-13-11-20(12-14-22)18-26(35)31-24-9-6-4-2-3-5-8-21-19-30(21,29(38)33-42(39,40)23-15-16-23)32-27(36)25-10-7-17-34(25)28(24)37/h5,8,11-14,21,23-25H,2-4,6-7,9-10,15-19H2,1H3,(H,31,35)(H,32,36)(H,33,38)/b8-5-. The Morgan fingerprint density at radius 3 is 2.52 bits per heavy atom. The molecule has 2 aliphatic carbocycles. The van der Waals surface area contributed by atoms with Crippen molar-refractivity contribution in [3.8, 4) is 5.75 Å². The molecule has 2 heterocycles. The van der Waals surface area contributed by atoms with Crippen LogP contribution in [0.4, 0.5) is 0 Å². The molecule has 1 aromatic carbocycles. The van der Waals surface area contributed by atoms with Crippen molar-refractivity contribution in [2.75, 3.05) is 13.7 Å². The fraction of sp³-hybridized carbons (Fsp3) is 0.600. The van der Waals surface area contributed by atoms with Gasteiger partial charge in [-0.2, -0.15) is 0 Å². The lowest BCUT2D eigenvalue weighted by Crippen LogP contribution is -2.58. The largest absolute Gasteiger partial charge is 0.497 e. The molecule has 2 aliphatic heterocycles. The fourth-order valence-corrected chi connectivity index (χ4v) is 7.31. The van der Waals surface area contributed by atoms with Crippen molar-refractivity contribution in [3.63, 3.8) is 0 Å². The monoisotopic (exact) mass is 600 g/mol. The maximum atomic E-state index is 13.8. The van der Waals surface area contributed by atoms with Crippen molar-refractivity contribution in [3.05, 3.63) is 42.0 Å². The average Bonchev–Trinajstić information content (AvgIpc) is 3.88. The number of sulfonamides is 1. The lowest BCUT2D eigenvalue weighted by molar-refractivity contribution is -0.142. The Balaban J connectivity index is 1.31. The molecule has 11 nitrogen and oxygen atoms in total. The fourth-order valence-electron chi connectivity index (χ4n) is 5.95. The first kappa shape index (κ1) is 30.1. The van der Waals surface area contributed by atoms with Crippen LogP contribution in [0.5, 0.6) is 5.75 Å². The summed E-state index contributed by atoms with van der Waals surface area (Å²) in [6.07, 6.45) is 9.96. The van der Waals surface area contributed by atoms with Gasteiger partial charge in [-0.15, -0.1) is 0 Å². The maximum absolute atomic E-state index is 13.8. The zero-order valence-corrected chi connectivity index (χ0v) is 24.8. The van der Waals surface area contributed by atoms with Crippen LogP contribution in [0, 0.1) is 5.92 Å². The lowest BCUT2D eigenvalue weighted by atomic mass is 10.0. The summed E-state index contributed by atoms with van der Waals surface area (Å²) in [5.74, 6) is -1.43. The molecule has 42 heavy (non-hydrogen) atoms. The Morgan fingerprint density at radius 2 is 1.81 bits per heavy atom. The highest BCUT2D eigenvalue weighted by Gasteiger charge is 2.61. The number of nitrogens with one attached hydrogen (secondary N) is 3. The molecular weight excluding hydrogens is 560 g/mol. The first-order valence-corrected chi connectivity index (χ1v) is 16.4. The molecule has 1 aromatic rings. The number of carbonyl (C=O) groups excluding carboxylic acids is 4. The van der Waals surface area contributed by atoms with Crippen LogP contribution in [0.1, 0.15) is 69.8 Å². The number of amides is 4. The molecule has 4 atom stereocenters. The van der Waals surface area contributed by atoms with Crippen molar-refractivity contribution in [1.82, 2.24) is 20.3 Å². The van der Waals surface area contributed by atoms with Crippen LogP contribution >= 0.6 is 0 Å². The van der Waals surface area contributed by atoms with E-state index in [1.807, 2.05) is 12.2 Å². The molecule has 2 saturated carbocycles. The van der Waals surface area contributed by atoms with Gasteiger partial charge in [0.25, 0.3) is 5.91 Å². The summed E-state index contributed by atoms with van der Waals surface area (Å²) in [5, 5.41) is 5.20. The molecule has 0 aromatic heterocycles. The second kappa shape index (κ2) is 12.4. The molecule has 1 saturated heterocycles. The molecule has 5 rings (SSSR count). The highest BCUT2D eigenvalue weighted by Crippen LogP contribution is 2.46. The summed E-state index contributed by atoms with van der Waals surface area (Å²) in [4.78, 5) is 55.2. The number of benzene rings is 1. The molecule has 3 N–H and O–H groups in total. The van der Waals surface area contributed by atoms with Crippen molar-refractivity contribution < 1.29 is 32.3 Å². The van der Waals surface area contributed by atoms with Crippen LogP contribution in [0.3, 0.4) is 0 Å². The van der Waals surface area contributed by atoms with Gasteiger partial charge in [0, 0.05) is 12.5 Å². The molecule has 0 radical (unpaired) electrons. The normalized spacial score (nSPS) is 29.2. The van der Waals surface area contributed by atoms with E-state index in [4.69, 9.17) is 4.74 Å². The van der Waals surface area contributed by atoms with E-state index in [1.54, 1.807) is 31.4 Å². The van der Waals surface area contributed by atoms with Crippen LogP contribution in [0.15, 0.2) is 36.4 Å². The second-order valence-corrected chi connectivity index (χ2v) is 13.8. The van der Waals surface area contributed by atoms with Crippen LogP contribution in [-0.4, -0.2) is 73.5 Å². The molecular formula is C30H40N4O7S. The summed E-state index contributed by atoms with van der Waals surface area (Å²) in [6.45, 7) is 0.361. The first-order valence-electron chi connectivity index (χ1n) is 14.9. The Labute approximate surface area is 246 Å². The van der Waals surface area contributed by atoms with E-state index in [0.29, 0.717) is 50.8 Å². The van der Waals surface area contributed by atoms with Gasteiger partial charge in [-0.05, 0) is 69.1 Å². The number of methoxy groups -OCH3 is 1. The number of nitrogens with zero attached hydrogens (tertiary/aromatic N) is 1. The summed E-state index contributed by atoms with van der Waals surface area (Å²) in [5.41, 5.74) is -0.576. The van der Waals surface area contributed by atoms with Crippen molar-refractivity contribution in [2.45, 2.75) is 93.5 Å². The van der Waals surface area contributed by atoms with Gasteiger partial charge < -0.3 is 20.3 Å². The zero-order valence-electron chi connectivity index (χ0n) is 24.0. The predicted molar refractivity (Wildman–Crippen MR) is 155 cm³/mol. The summed E-state index contributed by atoms with van der Waals surface area (Å²) < 4.78 is 32.4. The number of hydrogen-bond donors (Lipinski definition) is 3. The first-order chi connectivity index (χ1) is 20.1. The van der Waals surface area contributed by atoms with E-state index in [0.717, 1.165) is 31.2 Å². The Hall–Kier alpha value is -3.41. The van der Waals surface area contributed by atoms with E-state index in [1.165, 1.54) is 4.90 Å². The van der Waals surface area contributed by atoms with Gasteiger partial charge in [-0.3, -0.25) is 23.9 Å². The van der Waals surface area contributed by atoms with Gasteiger partial charge >= 0.3 is 0 Å². The van der Waals surface area contributed by atoms with E-state index in [-0.39, 0.29) is 24.2 Å². The number of hydrogen-bond acceptors (Lipinski definition) is 7. The van der Waals surface area contributed by atoms with Crippen LogP contribution in [0.25, 0.3) is 0 Å². The Kier molecular flexibility index (Phi) is 8.91. The highest BCUT2D eigenvalue weighted by molar-refractivity contribution is 7.91. The molecule has 3 fully saturated rings. The van der Waals surface area contributed by atoms with Crippen LogP contribution in [-0.2, 0) is 35.6 Å². The Bertz CT molecular complexity index is 1340. The quantitative estimate of drug-likeness (QED) is 0.403. The van der Waals surface area contributed by atoms with Gasteiger partial charge in [-0.25, -0.2) is 8.42 Å². The van der Waals surface area contributed by atoms with E-state index in [9.17, 15) is 27.6 Å². The minimum Gasteiger partial charge on any atom is -0.497 e. The van der Waals surface area contributed by atoms with Crippen molar-refractivity contribution >= 4 is 33.7 Å². The third kappa shape index (κ3) is 6.79. The Morgan fingerprint density at radius 1 is 1.05 bits per heavy atom. The van der Waals surface area contributed by atoms with E-state index < -0.39 is 44.7 Å². The van der Waals surface area contributed by atoms with Crippen molar-refractivity contribution in [1.29, 1.82) is 0 Å². The smallest absolute Gasteiger partial charge is 0.259 e. The number of rotatable bonds is 7.